The van der Waals surface area contributed by atoms with Crippen molar-refractivity contribution >= 4 is 11.0 Å². The van der Waals surface area contributed by atoms with Crippen molar-refractivity contribution in [2.24, 2.45) is 7.05 Å². The molecule has 0 N–H and O–H groups in total. The Morgan fingerprint density at radius 3 is 2.53 bits per heavy atom. The van der Waals surface area contributed by atoms with Gasteiger partial charge in [-0.1, -0.05) is 6.07 Å². The molecule has 0 aliphatic carbocycles. The monoisotopic (exact) mass is 214 g/mol. The fourth-order valence-electron chi connectivity index (χ4n) is 1.56. The number of benzene rings is 1. The predicted octanol–water partition coefficient (Wildman–Crippen LogP) is 2.90. The summed E-state index contributed by atoms with van der Waals surface area (Å²) in [4.78, 5) is 3.92. The molecule has 2 nitrogen and oxygen atoms in total. The molecule has 2 rings (SSSR count). The van der Waals surface area contributed by atoms with E-state index in [1.807, 2.05) is 0 Å². The van der Waals surface area contributed by atoms with Gasteiger partial charge in [-0.25, -0.2) is 4.98 Å². The van der Waals surface area contributed by atoms with Crippen molar-refractivity contribution in [3.05, 3.63) is 29.6 Å². The zero-order chi connectivity index (χ0) is 11.2. The average molecular weight is 214 g/mol. The van der Waals surface area contributed by atoms with E-state index in [2.05, 4.69) is 4.98 Å². The van der Waals surface area contributed by atoms with Crippen molar-refractivity contribution in [2.45, 2.75) is 13.1 Å². The molecule has 0 radical (unpaired) electrons. The Balaban J connectivity index is 2.83. The van der Waals surface area contributed by atoms with Gasteiger partial charge in [-0.2, -0.15) is 13.2 Å². The maximum atomic E-state index is 12.6. The summed E-state index contributed by atoms with van der Waals surface area (Å²) in [7, 11) is 1.70. The van der Waals surface area contributed by atoms with Crippen LogP contribution in [0.1, 0.15) is 11.4 Å². The molecule has 80 valence electrons. The molecule has 5 heteroatoms. The van der Waals surface area contributed by atoms with Crippen LogP contribution in [0.2, 0.25) is 0 Å². The molecular formula is C10H9F3N2. The summed E-state index contributed by atoms with van der Waals surface area (Å²) in [5, 5.41) is 0. The third kappa shape index (κ3) is 1.48. The van der Waals surface area contributed by atoms with Crippen LogP contribution in [0.15, 0.2) is 18.2 Å². The first-order valence-electron chi connectivity index (χ1n) is 4.40. The minimum Gasteiger partial charge on any atom is -0.331 e. The summed E-state index contributed by atoms with van der Waals surface area (Å²) in [5.74, 6) is 0.571. The smallest absolute Gasteiger partial charge is 0.331 e. The lowest BCUT2D eigenvalue weighted by Gasteiger charge is -2.06. The number of nitrogens with zero attached hydrogens (tertiary/aromatic N) is 2. The van der Waals surface area contributed by atoms with E-state index < -0.39 is 11.7 Å². The molecule has 1 aromatic carbocycles. The molecule has 1 aromatic heterocycles. The fraction of sp³-hybridized carbons (Fsp3) is 0.300. The van der Waals surface area contributed by atoms with Crippen LogP contribution in [-0.4, -0.2) is 9.55 Å². The van der Waals surface area contributed by atoms with E-state index >= 15 is 0 Å². The molecule has 0 saturated carbocycles. The van der Waals surface area contributed by atoms with Crippen molar-refractivity contribution in [2.75, 3.05) is 0 Å². The van der Waals surface area contributed by atoms with Gasteiger partial charge < -0.3 is 4.57 Å². The Bertz CT molecular complexity index is 511. The van der Waals surface area contributed by atoms with E-state index in [1.54, 1.807) is 24.6 Å². The second kappa shape index (κ2) is 2.98. The molecule has 15 heavy (non-hydrogen) atoms. The Morgan fingerprint density at radius 2 is 1.93 bits per heavy atom. The van der Waals surface area contributed by atoms with Crippen molar-refractivity contribution in [3.8, 4) is 0 Å². The molecule has 0 saturated heterocycles. The van der Waals surface area contributed by atoms with E-state index in [9.17, 15) is 13.2 Å². The van der Waals surface area contributed by atoms with Crippen molar-refractivity contribution < 1.29 is 13.2 Å². The molecule has 0 unspecified atom stereocenters. The third-order valence-corrected chi connectivity index (χ3v) is 2.44. The second-order valence-corrected chi connectivity index (χ2v) is 3.39. The van der Waals surface area contributed by atoms with Gasteiger partial charge >= 0.3 is 6.18 Å². The number of hydrogen-bond acceptors (Lipinski definition) is 1. The Hall–Kier alpha value is -1.52. The number of rotatable bonds is 0. The van der Waals surface area contributed by atoms with Crippen LogP contribution in [0.4, 0.5) is 13.2 Å². The van der Waals surface area contributed by atoms with Crippen LogP contribution in [-0.2, 0) is 13.2 Å². The molecule has 0 fully saturated rings. The summed E-state index contributed by atoms with van der Waals surface area (Å²) in [5.41, 5.74) is -0.156. The van der Waals surface area contributed by atoms with Crippen molar-refractivity contribution in [1.82, 2.24) is 9.55 Å². The summed E-state index contributed by atoms with van der Waals surface area (Å²) < 4.78 is 39.5. The van der Waals surface area contributed by atoms with Crippen LogP contribution < -0.4 is 0 Å². The predicted molar refractivity (Wildman–Crippen MR) is 50.5 cm³/mol. The summed E-state index contributed by atoms with van der Waals surface area (Å²) >= 11 is 0. The summed E-state index contributed by atoms with van der Waals surface area (Å²) in [6, 6.07) is 4.08. The van der Waals surface area contributed by atoms with Crippen molar-refractivity contribution in [3.63, 3.8) is 0 Å². The minimum absolute atomic E-state index is 0.0185. The highest BCUT2D eigenvalue weighted by atomic mass is 19.4. The Kier molecular flexibility index (Phi) is 1.99. The van der Waals surface area contributed by atoms with Gasteiger partial charge in [0.1, 0.15) is 11.3 Å². The lowest BCUT2D eigenvalue weighted by Crippen LogP contribution is -2.05. The van der Waals surface area contributed by atoms with Gasteiger partial charge in [-0.05, 0) is 19.1 Å². The quantitative estimate of drug-likeness (QED) is 0.659. The largest absolute Gasteiger partial charge is 0.418 e. The van der Waals surface area contributed by atoms with Crippen molar-refractivity contribution in [1.29, 1.82) is 0 Å². The normalized spacial score (nSPS) is 12.3. The number of aromatic nitrogens is 2. The molecule has 2 aromatic rings. The molecular weight excluding hydrogens is 205 g/mol. The van der Waals surface area contributed by atoms with Gasteiger partial charge in [0.15, 0.2) is 0 Å². The van der Waals surface area contributed by atoms with Gasteiger partial charge in [0.25, 0.3) is 0 Å². The number of alkyl halides is 3. The Labute approximate surface area is 84.3 Å². The maximum absolute atomic E-state index is 12.6. The lowest BCUT2D eigenvalue weighted by molar-refractivity contribution is -0.136. The van der Waals surface area contributed by atoms with E-state index in [0.29, 0.717) is 11.3 Å². The van der Waals surface area contributed by atoms with Gasteiger partial charge in [0, 0.05) is 7.05 Å². The zero-order valence-electron chi connectivity index (χ0n) is 8.26. The first-order valence-corrected chi connectivity index (χ1v) is 4.40. The maximum Gasteiger partial charge on any atom is 0.418 e. The summed E-state index contributed by atoms with van der Waals surface area (Å²) in [6.45, 7) is 1.68. The van der Waals surface area contributed by atoms with Gasteiger partial charge in [0.05, 0.1) is 11.1 Å². The number of hydrogen-bond donors (Lipinski definition) is 0. The molecule has 0 aliphatic heterocycles. The molecule has 0 amide bonds. The van der Waals surface area contributed by atoms with Gasteiger partial charge in [0.2, 0.25) is 0 Å². The SMILES string of the molecule is Cc1nc2c(C(F)(F)F)cccc2n1C. The molecule has 0 aliphatic rings. The van der Waals surface area contributed by atoms with E-state index in [-0.39, 0.29) is 5.52 Å². The highest BCUT2D eigenvalue weighted by Gasteiger charge is 2.33. The molecule has 0 atom stereocenters. The van der Waals surface area contributed by atoms with Crippen LogP contribution >= 0.6 is 0 Å². The number of para-hydroxylation sites is 1. The first-order chi connectivity index (χ1) is 6.91. The Morgan fingerprint density at radius 1 is 1.27 bits per heavy atom. The van der Waals surface area contributed by atoms with Crippen LogP contribution in [0, 0.1) is 6.92 Å². The van der Waals surface area contributed by atoms with Gasteiger partial charge in [-0.3, -0.25) is 0 Å². The standard InChI is InChI=1S/C10H9F3N2/c1-6-14-9-7(10(11,12)13)4-3-5-8(9)15(6)2/h3-5H,1-2H3. The third-order valence-electron chi connectivity index (χ3n) is 2.44. The highest BCUT2D eigenvalue weighted by Crippen LogP contribution is 2.34. The highest BCUT2D eigenvalue weighted by molar-refractivity contribution is 5.80. The lowest BCUT2D eigenvalue weighted by atomic mass is 10.2. The van der Waals surface area contributed by atoms with Crippen LogP contribution in [0.5, 0.6) is 0 Å². The number of fused-ring (bicyclic) bond motifs is 1. The number of imidazole rings is 1. The van der Waals surface area contributed by atoms with E-state index in [1.165, 1.54) is 6.07 Å². The van der Waals surface area contributed by atoms with Crippen LogP contribution in [0.3, 0.4) is 0 Å². The van der Waals surface area contributed by atoms with E-state index in [4.69, 9.17) is 0 Å². The minimum atomic E-state index is -4.35. The second-order valence-electron chi connectivity index (χ2n) is 3.39. The summed E-state index contributed by atoms with van der Waals surface area (Å²) in [6.07, 6.45) is -4.35. The number of halogens is 3. The molecule has 1 heterocycles. The zero-order valence-corrected chi connectivity index (χ0v) is 8.26. The fourth-order valence-corrected chi connectivity index (χ4v) is 1.56. The first kappa shape index (κ1) is 10.0. The van der Waals surface area contributed by atoms with Crippen LogP contribution in [0.25, 0.3) is 11.0 Å². The topological polar surface area (TPSA) is 17.8 Å². The molecule has 0 spiro atoms. The van der Waals surface area contributed by atoms with Gasteiger partial charge in [-0.15, -0.1) is 0 Å². The average Bonchev–Trinajstić information content (AvgIpc) is 2.41. The number of aryl methyl sites for hydroxylation is 2. The van der Waals surface area contributed by atoms with E-state index in [0.717, 1.165) is 6.07 Å². The molecule has 0 bridgehead atoms.